The van der Waals surface area contributed by atoms with Crippen LogP contribution in [0.15, 0.2) is 68.2 Å². The number of sulfonamides is 1. The summed E-state index contributed by atoms with van der Waals surface area (Å²) in [5.74, 6) is 2.78. The summed E-state index contributed by atoms with van der Waals surface area (Å²) >= 11 is 0. The van der Waals surface area contributed by atoms with Crippen LogP contribution in [0.2, 0.25) is 0 Å². The molecule has 0 spiro atoms. The molecule has 21 heavy (non-hydrogen) atoms. The van der Waals surface area contributed by atoms with Crippen molar-refractivity contribution in [3.05, 3.63) is 60.2 Å². The molecule has 2 rings (SSSR count). The summed E-state index contributed by atoms with van der Waals surface area (Å²) in [5.41, 5.74) is 1.000. The zero-order valence-corrected chi connectivity index (χ0v) is 13.2. The molecule has 0 amide bonds. The van der Waals surface area contributed by atoms with Crippen molar-refractivity contribution in [3.63, 3.8) is 0 Å². The van der Waals surface area contributed by atoms with Crippen LogP contribution in [0.3, 0.4) is 0 Å². The fraction of sp³-hybridized carbons (Fsp3) is 0.125. The fourth-order valence-electron chi connectivity index (χ4n) is 1.68. The molecule has 108 valence electrons. The quantitative estimate of drug-likeness (QED) is 0.813. The lowest BCUT2D eigenvalue weighted by Gasteiger charge is -2.06. The Balaban J connectivity index is 2.47. The topological polar surface area (TPSA) is 46.5 Å². The maximum absolute atomic E-state index is 12.4. The van der Waals surface area contributed by atoms with E-state index in [0.29, 0.717) is 0 Å². The van der Waals surface area contributed by atoms with E-state index >= 15 is 0 Å². The van der Waals surface area contributed by atoms with E-state index in [1.54, 1.807) is 24.3 Å². The highest BCUT2D eigenvalue weighted by Gasteiger charge is 2.14. The Morgan fingerprint density at radius 2 is 1.71 bits per heavy atom. The summed E-state index contributed by atoms with van der Waals surface area (Å²) in [6.07, 6.45) is 5.35. The molecule has 0 fully saturated rings. The molecule has 0 aromatic heterocycles. The Bertz CT molecular complexity index is 786. The first-order valence-electron chi connectivity index (χ1n) is 6.27. The number of hydrogen-bond acceptors (Lipinski definition) is 2. The lowest BCUT2D eigenvalue weighted by Crippen LogP contribution is -2.03. The van der Waals surface area contributed by atoms with E-state index in [1.165, 1.54) is 0 Å². The van der Waals surface area contributed by atoms with Crippen LogP contribution in [0.5, 0.6) is 0 Å². The highest BCUT2D eigenvalue weighted by molar-refractivity contribution is 8.00. The van der Waals surface area contributed by atoms with Gasteiger partial charge in [-0.2, -0.15) is 8.42 Å². The molecular formula is C16H15NO2S2. The zero-order valence-electron chi connectivity index (χ0n) is 11.6. The average molecular weight is 317 g/mol. The fourth-order valence-corrected chi connectivity index (χ4v) is 4.80. The van der Waals surface area contributed by atoms with Gasteiger partial charge in [-0.05, 0) is 41.9 Å². The molecule has 0 heterocycles. The van der Waals surface area contributed by atoms with Crippen molar-refractivity contribution in [2.45, 2.75) is 16.7 Å². The molecule has 2 aromatic carbocycles. The summed E-state index contributed by atoms with van der Waals surface area (Å²) in [7, 11) is -4.57. The Morgan fingerprint density at radius 3 is 2.29 bits per heavy atom. The van der Waals surface area contributed by atoms with Gasteiger partial charge >= 0.3 is 0 Å². The maximum atomic E-state index is 12.4. The summed E-state index contributed by atoms with van der Waals surface area (Å²) in [6.45, 7) is 1.90. The first-order chi connectivity index (χ1) is 10.0. The van der Waals surface area contributed by atoms with Gasteiger partial charge in [0.05, 0.1) is 10.6 Å². The Hall–Kier alpha value is -1.90. The molecule has 0 saturated heterocycles. The minimum atomic E-state index is -3.70. The van der Waals surface area contributed by atoms with Crippen LogP contribution in [-0.4, -0.2) is 14.2 Å². The number of terminal acetylenes is 1. The van der Waals surface area contributed by atoms with Crippen molar-refractivity contribution in [3.8, 4) is 12.3 Å². The molecule has 2 aromatic rings. The molecule has 0 N–H and O–H groups in total. The van der Waals surface area contributed by atoms with E-state index < -0.39 is 20.7 Å². The van der Waals surface area contributed by atoms with E-state index in [-0.39, 0.29) is 10.6 Å². The molecule has 0 aliphatic rings. The van der Waals surface area contributed by atoms with Crippen LogP contribution in [0, 0.1) is 19.3 Å². The molecule has 0 bridgehead atoms. The van der Waals surface area contributed by atoms with Gasteiger partial charge in [0, 0.05) is 4.90 Å². The second-order valence-corrected chi connectivity index (χ2v) is 7.90. The maximum Gasteiger partial charge on any atom is 0.288 e. The first kappa shape index (κ1) is 15.5. The van der Waals surface area contributed by atoms with Crippen LogP contribution < -0.4 is 0 Å². The van der Waals surface area contributed by atoms with Gasteiger partial charge in [0.1, 0.15) is 0 Å². The van der Waals surface area contributed by atoms with Gasteiger partial charge in [-0.1, -0.05) is 41.8 Å². The molecule has 0 aliphatic carbocycles. The monoisotopic (exact) mass is 317 g/mol. The largest absolute Gasteiger partial charge is 0.288 e. The SMILES string of the molecule is C#CC/S(=N\S(=O)(=O)c1ccc(C)cc1)c1ccccc1. The lowest BCUT2D eigenvalue weighted by molar-refractivity contribution is 0.598. The standard InChI is InChI=1S/C16H15NO2S2/c1-3-13-20(15-7-5-4-6-8-15)17-21(18,19)16-11-9-14(2)10-12-16/h1,4-12H,13H2,2H3. The third-order valence-corrected chi connectivity index (χ3v) is 6.37. The van der Waals surface area contributed by atoms with Gasteiger partial charge in [-0.3, -0.25) is 0 Å². The van der Waals surface area contributed by atoms with Crippen molar-refractivity contribution < 1.29 is 8.42 Å². The third-order valence-electron chi connectivity index (χ3n) is 2.74. The lowest BCUT2D eigenvalue weighted by atomic mass is 10.2. The van der Waals surface area contributed by atoms with E-state index in [4.69, 9.17) is 6.42 Å². The number of rotatable bonds is 4. The number of benzene rings is 2. The number of hydrogen-bond donors (Lipinski definition) is 0. The average Bonchev–Trinajstić information content (AvgIpc) is 2.48. The van der Waals surface area contributed by atoms with Crippen LogP contribution in [0.25, 0.3) is 0 Å². The predicted molar refractivity (Wildman–Crippen MR) is 86.6 cm³/mol. The van der Waals surface area contributed by atoms with E-state index in [0.717, 1.165) is 10.5 Å². The van der Waals surface area contributed by atoms with E-state index in [2.05, 4.69) is 9.69 Å². The van der Waals surface area contributed by atoms with Crippen LogP contribution >= 0.6 is 0 Å². The molecule has 1 atom stereocenters. The summed E-state index contributed by atoms with van der Waals surface area (Å²) in [5, 5.41) is 0. The summed E-state index contributed by atoms with van der Waals surface area (Å²) in [6, 6.07) is 15.9. The normalized spacial score (nSPS) is 12.8. The minimum absolute atomic E-state index is 0.193. The van der Waals surface area contributed by atoms with Crippen molar-refractivity contribution in [2.24, 2.45) is 3.77 Å². The molecule has 0 radical (unpaired) electrons. The summed E-state index contributed by atoms with van der Waals surface area (Å²) < 4.78 is 28.8. The van der Waals surface area contributed by atoms with Crippen molar-refractivity contribution in [1.82, 2.24) is 0 Å². The number of nitrogens with zero attached hydrogens (tertiary/aromatic N) is 1. The highest BCUT2D eigenvalue weighted by atomic mass is 32.3. The molecule has 0 saturated carbocycles. The van der Waals surface area contributed by atoms with Gasteiger partial charge in [0.2, 0.25) is 0 Å². The van der Waals surface area contributed by atoms with Gasteiger partial charge in [-0.25, -0.2) is 0 Å². The smallest absolute Gasteiger partial charge is 0.199 e. The Labute approximate surface area is 128 Å². The van der Waals surface area contributed by atoms with Crippen molar-refractivity contribution in [1.29, 1.82) is 0 Å². The van der Waals surface area contributed by atoms with Crippen LogP contribution in [-0.2, 0) is 20.7 Å². The second kappa shape index (κ2) is 6.70. The third kappa shape index (κ3) is 4.03. The highest BCUT2D eigenvalue weighted by Crippen LogP contribution is 2.17. The first-order valence-corrected chi connectivity index (χ1v) is 9.06. The van der Waals surface area contributed by atoms with Gasteiger partial charge < -0.3 is 0 Å². The van der Waals surface area contributed by atoms with Gasteiger partial charge in [0.15, 0.2) is 0 Å². The van der Waals surface area contributed by atoms with Crippen LogP contribution in [0.1, 0.15) is 5.56 Å². The van der Waals surface area contributed by atoms with E-state index in [1.807, 2.05) is 37.3 Å². The predicted octanol–water partition coefficient (Wildman–Crippen LogP) is 3.18. The molecule has 5 heteroatoms. The molecular weight excluding hydrogens is 302 g/mol. The van der Waals surface area contributed by atoms with Gasteiger partial charge in [-0.15, -0.1) is 10.2 Å². The Kier molecular flexibility index (Phi) is 4.94. The van der Waals surface area contributed by atoms with E-state index in [9.17, 15) is 8.42 Å². The van der Waals surface area contributed by atoms with Crippen LogP contribution in [0.4, 0.5) is 0 Å². The zero-order chi connectivity index (χ0) is 15.3. The van der Waals surface area contributed by atoms with Crippen molar-refractivity contribution in [2.75, 3.05) is 5.75 Å². The summed E-state index contributed by atoms with van der Waals surface area (Å²) in [4.78, 5) is 1.02. The van der Waals surface area contributed by atoms with Gasteiger partial charge in [0.25, 0.3) is 10.0 Å². The number of aryl methyl sites for hydroxylation is 1. The Morgan fingerprint density at radius 1 is 1.10 bits per heavy atom. The second-order valence-electron chi connectivity index (χ2n) is 4.39. The minimum Gasteiger partial charge on any atom is -0.199 e. The molecule has 1 unspecified atom stereocenters. The molecule has 0 aliphatic heterocycles. The molecule has 3 nitrogen and oxygen atoms in total. The van der Waals surface area contributed by atoms with Crippen molar-refractivity contribution >= 4 is 20.7 Å².